The summed E-state index contributed by atoms with van der Waals surface area (Å²) in [5.74, 6) is 0.171. The van der Waals surface area contributed by atoms with Gasteiger partial charge in [-0.25, -0.2) is 13.1 Å². The van der Waals surface area contributed by atoms with Gasteiger partial charge in [-0.2, -0.15) is 5.10 Å². The molecule has 1 aliphatic heterocycles. The molecule has 112 valence electrons. The van der Waals surface area contributed by atoms with Crippen molar-refractivity contribution in [2.75, 3.05) is 13.1 Å². The molecule has 6 nitrogen and oxygen atoms in total. The average molecular weight is 306 g/mol. The van der Waals surface area contributed by atoms with Gasteiger partial charge in [0.15, 0.2) is 0 Å². The van der Waals surface area contributed by atoms with Crippen molar-refractivity contribution >= 4 is 10.0 Å². The molecule has 0 aliphatic carbocycles. The lowest BCUT2D eigenvalue weighted by molar-refractivity contribution is 0.416. The van der Waals surface area contributed by atoms with E-state index >= 15 is 0 Å². The van der Waals surface area contributed by atoms with Gasteiger partial charge in [0.1, 0.15) is 0 Å². The van der Waals surface area contributed by atoms with Crippen molar-refractivity contribution in [2.24, 2.45) is 5.92 Å². The van der Waals surface area contributed by atoms with Crippen molar-refractivity contribution < 1.29 is 8.42 Å². The van der Waals surface area contributed by atoms with E-state index in [0.29, 0.717) is 18.0 Å². The van der Waals surface area contributed by atoms with Gasteiger partial charge in [0, 0.05) is 38.3 Å². The number of hydrogen-bond acceptors (Lipinski definition) is 4. The van der Waals surface area contributed by atoms with Crippen LogP contribution in [0.5, 0.6) is 0 Å². The molecule has 7 heteroatoms. The van der Waals surface area contributed by atoms with Gasteiger partial charge in [-0.3, -0.25) is 4.68 Å². The predicted molar refractivity (Wildman–Crippen MR) is 79.1 cm³/mol. The number of nitrogens with one attached hydrogen (secondary N) is 2. The van der Waals surface area contributed by atoms with Crippen LogP contribution in [0.1, 0.15) is 5.69 Å². The molecule has 2 heterocycles. The normalized spacial score (nSPS) is 19.0. The minimum atomic E-state index is -3.44. The largest absolute Gasteiger partial charge is 0.311 e. The van der Waals surface area contributed by atoms with Crippen LogP contribution in [0.4, 0.5) is 0 Å². The van der Waals surface area contributed by atoms with Crippen LogP contribution in [0.3, 0.4) is 0 Å². The fraction of sp³-hybridized carbons (Fsp3) is 0.357. The molecule has 1 aliphatic rings. The summed E-state index contributed by atoms with van der Waals surface area (Å²) in [7, 11) is -3.44. The Morgan fingerprint density at radius 2 is 2.10 bits per heavy atom. The summed E-state index contributed by atoms with van der Waals surface area (Å²) in [6.45, 7) is 2.64. The second kappa shape index (κ2) is 5.97. The lowest BCUT2D eigenvalue weighted by Gasteiger charge is -2.15. The molecule has 0 bridgehead atoms. The Kier molecular flexibility index (Phi) is 4.05. The predicted octanol–water partition coefficient (Wildman–Crippen LogP) is 0.581. The number of hydrogen-bond donors (Lipinski definition) is 2. The zero-order valence-electron chi connectivity index (χ0n) is 11.6. The van der Waals surface area contributed by atoms with E-state index in [9.17, 15) is 8.42 Å². The Morgan fingerprint density at radius 3 is 2.90 bits per heavy atom. The van der Waals surface area contributed by atoms with Crippen LogP contribution < -0.4 is 10.0 Å². The molecule has 0 fully saturated rings. The van der Waals surface area contributed by atoms with Gasteiger partial charge >= 0.3 is 0 Å². The second-order valence-corrected chi connectivity index (χ2v) is 6.93. The van der Waals surface area contributed by atoms with Crippen LogP contribution in [0.15, 0.2) is 47.5 Å². The van der Waals surface area contributed by atoms with Gasteiger partial charge in [-0.05, 0) is 18.2 Å². The third-order valence-corrected chi connectivity index (χ3v) is 5.03. The quantitative estimate of drug-likeness (QED) is 0.866. The molecule has 2 N–H and O–H groups in total. The Bertz CT molecular complexity index is 697. The van der Waals surface area contributed by atoms with Crippen LogP contribution in [0, 0.1) is 5.92 Å². The summed E-state index contributed by atoms with van der Waals surface area (Å²) in [5.41, 5.74) is 1.13. The van der Waals surface area contributed by atoms with E-state index in [-0.39, 0.29) is 5.92 Å². The molecule has 1 aromatic carbocycles. The SMILES string of the molecule is O=S(=O)(NCC1CNCc2ccnn2C1)c1ccccc1. The summed E-state index contributed by atoms with van der Waals surface area (Å²) in [6.07, 6.45) is 1.77. The summed E-state index contributed by atoms with van der Waals surface area (Å²) < 4.78 is 29.0. The molecule has 1 atom stereocenters. The molecule has 0 radical (unpaired) electrons. The third-order valence-electron chi connectivity index (χ3n) is 3.59. The molecule has 1 aromatic heterocycles. The molecule has 21 heavy (non-hydrogen) atoms. The molecule has 0 spiro atoms. The van der Waals surface area contributed by atoms with Crippen LogP contribution in [0.2, 0.25) is 0 Å². The second-order valence-electron chi connectivity index (χ2n) is 5.17. The smallest absolute Gasteiger partial charge is 0.240 e. The van der Waals surface area contributed by atoms with Crippen LogP contribution >= 0.6 is 0 Å². The van der Waals surface area contributed by atoms with Gasteiger partial charge in [-0.15, -0.1) is 0 Å². The Hall–Kier alpha value is -1.70. The highest BCUT2D eigenvalue weighted by atomic mass is 32.2. The van der Waals surface area contributed by atoms with Crippen LogP contribution in [0.25, 0.3) is 0 Å². The van der Waals surface area contributed by atoms with E-state index in [1.807, 2.05) is 10.7 Å². The first-order valence-corrected chi connectivity index (χ1v) is 8.39. The standard InChI is InChI=1S/C14H18N4O2S/c19-21(20,14-4-2-1-3-5-14)17-9-12-8-15-10-13-6-7-16-18(13)11-12/h1-7,12,15,17H,8-11H2. The summed E-state index contributed by atoms with van der Waals surface area (Å²) in [4.78, 5) is 0.298. The maximum Gasteiger partial charge on any atom is 0.240 e. The van der Waals surface area contributed by atoms with Crippen LogP contribution in [-0.4, -0.2) is 31.3 Å². The molecule has 3 rings (SSSR count). The molecule has 1 unspecified atom stereocenters. The highest BCUT2D eigenvalue weighted by Crippen LogP contribution is 2.11. The molecule has 0 saturated heterocycles. The Morgan fingerprint density at radius 1 is 1.29 bits per heavy atom. The Balaban J connectivity index is 1.65. The first-order chi connectivity index (χ1) is 10.1. The summed E-state index contributed by atoms with van der Waals surface area (Å²) in [6, 6.07) is 10.4. The minimum absolute atomic E-state index is 0.171. The molecule has 0 amide bonds. The first-order valence-electron chi connectivity index (χ1n) is 6.91. The molecule has 0 saturated carbocycles. The fourth-order valence-corrected chi connectivity index (χ4v) is 3.57. The van der Waals surface area contributed by atoms with E-state index in [2.05, 4.69) is 15.1 Å². The lowest BCUT2D eigenvalue weighted by atomic mass is 10.1. The van der Waals surface area contributed by atoms with Crippen molar-refractivity contribution in [1.29, 1.82) is 0 Å². The van der Waals surface area contributed by atoms with Gasteiger partial charge in [0.25, 0.3) is 0 Å². The number of rotatable bonds is 4. The van der Waals surface area contributed by atoms with E-state index in [4.69, 9.17) is 0 Å². The maximum absolute atomic E-state index is 12.2. The van der Waals surface area contributed by atoms with E-state index < -0.39 is 10.0 Å². The monoisotopic (exact) mass is 306 g/mol. The number of nitrogens with zero attached hydrogens (tertiary/aromatic N) is 2. The van der Waals surface area contributed by atoms with E-state index in [1.54, 1.807) is 36.5 Å². The van der Waals surface area contributed by atoms with E-state index in [1.165, 1.54) is 0 Å². The van der Waals surface area contributed by atoms with Crippen molar-refractivity contribution in [3.05, 3.63) is 48.3 Å². The van der Waals surface area contributed by atoms with E-state index in [0.717, 1.165) is 18.8 Å². The van der Waals surface area contributed by atoms with Gasteiger partial charge in [0.05, 0.1) is 10.6 Å². The maximum atomic E-state index is 12.2. The number of fused-ring (bicyclic) bond motifs is 1. The lowest BCUT2D eigenvalue weighted by Crippen LogP contribution is -2.35. The summed E-state index contributed by atoms with van der Waals surface area (Å²) >= 11 is 0. The Labute approximate surface area is 124 Å². The van der Waals surface area contributed by atoms with Gasteiger partial charge < -0.3 is 5.32 Å². The first kappa shape index (κ1) is 14.2. The van der Waals surface area contributed by atoms with Crippen LogP contribution in [-0.2, 0) is 23.1 Å². The summed E-state index contributed by atoms with van der Waals surface area (Å²) in [5, 5.41) is 7.59. The highest BCUT2D eigenvalue weighted by Gasteiger charge is 2.20. The average Bonchev–Trinajstić information content (AvgIpc) is 2.84. The molecular weight excluding hydrogens is 288 g/mol. The third kappa shape index (κ3) is 3.31. The number of benzene rings is 1. The fourth-order valence-electron chi connectivity index (χ4n) is 2.44. The topological polar surface area (TPSA) is 76.0 Å². The zero-order chi connectivity index (χ0) is 14.7. The van der Waals surface area contributed by atoms with Crippen molar-refractivity contribution in [3.63, 3.8) is 0 Å². The van der Waals surface area contributed by atoms with Crippen molar-refractivity contribution in [1.82, 2.24) is 19.8 Å². The van der Waals surface area contributed by atoms with Gasteiger partial charge in [-0.1, -0.05) is 18.2 Å². The highest BCUT2D eigenvalue weighted by molar-refractivity contribution is 7.89. The minimum Gasteiger partial charge on any atom is -0.311 e. The molecule has 2 aromatic rings. The number of sulfonamides is 1. The van der Waals surface area contributed by atoms with Crippen molar-refractivity contribution in [2.45, 2.75) is 18.0 Å². The zero-order valence-corrected chi connectivity index (χ0v) is 12.4. The molecular formula is C14H18N4O2S. The van der Waals surface area contributed by atoms with Gasteiger partial charge in [0.2, 0.25) is 10.0 Å². The number of aromatic nitrogens is 2. The van der Waals surface area contributed by atoms with Crippen molar-refractivity contribution in [3.8, 4) is 0 Å².